The molecule has 0 aromatic carbocycles. The second-order valence-corrected chi connectivity index (χ2v) is 10.2. The third-order valence-electron chi connectivity index (χ3n) is 5.40. The summed E-state index contributed by atoms with van der Waals surface area (Å²) >= 11 is 0. The van der Waals surface area contributed by atoms with E-state index in [0.29, 0.717) is 48.0 Å². The lowest BCUT2D eigenvalue weighted by atomic mass is 9.92. The fourth-order valence-electron chi connectivity index (χ4n) is 4.18. The Morgan fingerprint density at radius 2 is 1.70 bits per heavy atom. The maximum absolute atomic E-state index is 12.7. The molecule has 178 valence electrons. The van der Waals surface area contributed by atoms with Crippen LogP contribution in [0.5, 0.6) is 0 Å². The number of piperidine rings is 2. The maximum Gasteiger partial charge on any atom is 0.511 e. The van der Waals surface area contributed by atoms with Crippen molar-refractivity contribution >= 4 is 40.0 Å². The van der Waals surface area contributed by atoms with Gasteiger partial charge in [0.05, 0.1) is 6.54 Å². The first kappa shape index (κ1) is 27.7. The average molecular weight is 569 g/mol. The van der Waals surface area contributed by atoms with Crippen LogP contribution in [0.25, 0.3) is 0 Å². The van der Waals surface area contributed by atoms with E-state index in [0.717, 1.165) is 19.6 Å². The molecule has 0 spiro atoms. The molecule has 2 unspecified atom stereocenters. The van der Waals surface area contributed by atoms with Crippen LogP contribution in [0.15, 0.2) is 4.99 Å². The molecule has 30 heavy (non-hydrogen) atoms. The van der Waals surface area contributed by atoms with Gasteiger partial charge in [-0.25, -0.2) is 8.42 Å². The standard InChI is InChI=1S/C18H34F3N5O2S.HI/c1-4-22-17(23-7-10-25-12-14(2)11-15(3)13-25)24-16-5-8-26(9-6-16)29(27,28)18(19,20)21;/h14-16H,4-13H2,1-3H3,(H2,22,23,24);1H. The van der Waals surface area contributed by atoms with Crippen LogP contribution in [0.2, 0.25) is 0 Å². The van der Waals surface area contributed by atoms with Gasteiger partial charge in [0.15, 0.2) is 5.96 Å². The van der Waals surface area contributed by atoms with Crippen LogP contribution in [-0.2, 0) is 10.0 Å². The highest BCUT2D eigenvalue weighted by Crippen LogP contribution is 2.29. The van der Waals surface area contributed by atoms with Crippen LogP contribution in [0.1, 0.15) is 40.0 Å². The first-order chi connectivity index (χ1) is 13.5. The number of nitrogens with one attached hydrogen (secondary N) is 2. The molecule has 2 aliphatic rings. The lowest BCUT2D eigenvalue weighted by Gasteiger charge is -2.34. The molecule has 0 aliphatic carbocycles. The summed E-state index contributed by atoms with van der Waals surface area (Å²) in [5, 5.41) is 6.40. The topological polar surface area (TPSA) is 77.0 Å². The number of sulfonamides is 1. The van der Waals surface area contributed by atoms with Crippen molar-refractivity contribution < 1.29 is 21.6 Å². The molecule has 0 bridgehead atoms. The van der Waals surface area contributed by atoms with Crippen molar-refractivity contribution in [1.82, 2.24) is 19.8 Å². The summed E-state index contributed by atoms with van der Waals surface area (Å²) in [7, 11) is -5.24. The van der Waals surface area contributed by atoms with Gasteiger partial charge in [0, 0.05) is 45.3 Å². The van der Waals surface area contributed by atoms with E-state index in [2.05, 4.69) is 34.4 Å². The van der Waals surface area contributed by atoms with Gasteiger partial charge in [-0.3, -0.25) is 4.99 Å². The van der Waals surface area contributed by atoms with Crippen molar-refractivity contribution in [2.45, 2.75) is 51.6 Å². The van der Waals surface area contributed by atoms with E-state index in [9.17, 15) is 21.6 Å². The summed E-state index contributed by atoms with van der Waals surface area (Å²) in [6, 6.07) is -0.109. The summed E-state index contributed by atoms with van der Waals surface area (Å²) in [5.41, 5.74) is -5.24. The Labute approximate surface area is 195 Å². The SMILES string of the molecule is CCNC(=NCCN1CC(C)CC(C)C1)NC1CCN(S(=O)(=O)C(F)(F)F)CC1.I. The lowest BCUT2D eigenvalue weighted by molar-refractivity contribution is -0.0494. The number of hydrogen-bond acceptors (Lipinski definition) is 4. The van der Waals surface area contributed by atoms with Gasteiger partial charge in [-0.2, -0.15) is 17.5 Å². The van der Waals surface area contributed by atoms with Crippen molar-refractivity contribution in [3.63, 3.8) is 0 Å². The first-order valence-corrected chi connectivity index (χ1v) is 11.8. The summed E-state index contributed by atoms with van der Waals surface area (Å²) in [5.74, 6) is 2.00. The minimum absolute atomic E-state index is 0. The van der Waals surface area contributed by atoms with Gasteiger partial charge < -0.3 is 15.5 Å². The van der Waals surface area contributed by atoms with Crippen molar-refractivity contribution in [3.8, 4) is 0 Å². The van der Waals surface area contributed by atoms with Gasteiger partial charge in [0.2, 0.25) is 0 Å². The summed E-state index contributed by atoms with van der Waals surface area (Å²) in [4.78, 5) is 7.02. The van der Waals surface area contributed by atoms with Gasteiger partial charge in [-0.05, 0) is 38.0 Å². The van der Waals surface area contributed by atoms with Crippen molar-refractivity contribution in [3.05, 3.63) is 0 Å². The number of guanidine groups is 1. The van der Waals surface area contributed by atoms with E-state index in [1.807, 2.05) is 6.92 Å². The second kappa shape index (κ2) is 12.0. The molecule has 2 heterocycles. The first-order valence-electron chi connectivity index (χ1n) is 10.4. The van der Waals surface area contributed by atoms with Crippen LogP contribution in [0, 0.1) is 11.8 Å². The zero-order valence-electron chi connectivity index (χ0n) is 17.9. The van der Waals surface area contributed by atoms with Crippen LogP contribution in [-0.4, -0.2) is 80.9 Å². The summed E-state index contributed by atoms with van der Waals surface area (Å²) < 4.78 is 61.6. The number of halogens is 4. The Morgan fingerprint density at radius 3 is 2.20 bits per heavy atom. The molecule has 0 radical (unpaired) electrons. The summed E-state index contributed by atoms with van der Waals surface area (Å²) in [6.45, 7) is 10.5. The molecular weight excluding hydrogens is 534 g/mol. The molecular formula is C18H35F3IN5O2S. The molecule has 12 heteroatoms. The third kappa shape index (κ3) is 7.97. The van der Waals surface area contributed by atoms with E-state index in [-0.39, 0.29) is 43.1 Å². The minimum Gasteiger partial charge on any atom is -0.357 e. The molecule has 7 nitrogen and oxygen atoms in total. The number of likely N-dealkylation sites (tertiary alicyclic amines) is 1. The molecule has 2 saturated heterocycles. The predicted molar refractivity (Wildman–Crippen MR) is 123 cm³/mol. The Kier molecular flexibility index (Phi) is 11.1. The number of hydrogen-bond donors (Lipinski definition) is 2. The van der Waals surface area contributed by atoms with E-state index >= 15 is 0 Å². The molecule has 2 atom stereocenters. The number of aliphatic imine (C=N–C) groups is 1. The normalized spacial score (nSPS) is 25.6. The largest absolute Gasteiger partial charge is 0.511 e. The predicted octanol–water partition coefficient (Wildman–Crippen LogP) is 2.45. The molecule has 0 aromatic rings. The number of nitrogens with zero attached hydrogens (tertiary/aromatic N) is 3. The minimum atomic E-state index is -5.24. The highest BCUT2D eigenvalue weighted by Gasteiger charge is 2.50. The van der Waals surface area contributed by atoms with Crippen LogP contribution < -0.4 is 10.6 Å². The van der Waals surface area contributed by atoms with Gasteiger partial charge >= 0.3 is 15.5 Å². The lowest BCUT2D eigenvalue weighted by Crippen LogP contribution is -2.51. The van der Waals surface area contributed by atoms with E-state index in [4.69, 9.17) is 0 Å². The molecule has 0 aromatic heterocycles. The van der Waals surface area contributed by atoms with Crippen LogP contribution in [0.4, 0.5) is 13.2 Å². The molecule has 2 rings (SSSR count). The third-order valence-corrected chi connectivity index (χ3v) is 7.03. The van der Waals surface area contributed by atoms with Gasteiger partial charge in [-0.1, -0.05) is 13.8 Å². The van der Waals surface area contributed by atoms with E-state index in [1.54, 1.807) is 0 Å². The molecule has 2 fully saturated rings. The molecule has 2 aliphatic heterocycles. The van der Waals surface area contributed by atoms with Gasteiger partial charge in [0.25, 0.3) is 0 Å². The monoisotopic (exact) mass is 569 g/mol. The molecule has 2 N–H and O–H groups in total. The molecule has 0 saturated carbocycles. The van der Waals surface area contributed by atoms with Crippen LogP contribution >= 0.6 is 24.0 Å². The maximum atomic E-state index is 12.7. The van der Waals surface area contributed by atoms with Crippen molar-refractivity contribution in [1.29, 1.82) is 0 Å². The average Bonchev–Trinajstić information content (AvgIpc) is 2.60. The Balaban J connectivity index is 0.00000450. The fraction of sp³-hybridized carbons (Fsp3) is 0.944. The summed E-state index contributed by atoms with van der Waals surface area (Å²) in [6.07, 6.45) is 1.87. The fourth-order valence-corrected chi connectivity index (χ4v) is 5.16. The van der Waals surface area contributed by atoms with E-state index in [1.165, 1.54) is 6.42 Å². The number of rotatable bonds is 6. The van der Waals surface area contributed by atoms with Gasteiger partial charge in [-0.15, -0.1) is 24.0 Å². The quantitative estimate of drug-likeness (QED) is 0.292. The second-order valence-electron chi connectivity index (χ2n) is 8.23. The Morgan fingerprint density at radius 1 is 1.13 bits per heavy atom. The van der Waals surface area contributed by atoms with Crippen LogP contribution in [0.3, 0.4) is 0 Å². The van der Waals surface area contributed by atoms with Crippen molar-refractivity contribution in [2.24, 2.45) is 16.8 Å². The van der Waals surface area contributed by atoms with Crippen molar-refractivity contribution in [2.75, 3.05) is 45.8 Å². The Bertz CT molecular complexity index is 645. The van der Waals surface area contributed by atoms with Gasteiger partial charge in [0.1, 0.15) is 0 Å². The highest BCUT2D eigenvalue weighted by molar-refractivity contribution is 14.0. The van der Waals surface area contributed by atoms with E-state index < -0.39 is 15.5 Å². The molecule has 0 amide bonds. The smallest absolute Gasteiger partial charge is 0.357 e. The highest BCUT2D eigenvalue weighted by atomic mass is 127. The Hall–Kier alpha value is -0.340. The zero-order chi connectivity index (χ0) is 21.7. The number of alkyl halides is 3. The zero-order valence-corrected chi connectivity index (χ0v) is 21.1.